The van der Waals surface area contributed by atoms with Crippen LogP contribution in [-0.4, -0.2) is 11.8 Å². The third kappa shape index (κ3) is 3.69. The van der Waals surface area contributed by atoms with Crippen molar-refractivity contribution >= 4 is 51.1 Å². The van der Waals surface area contributed by atoms with E-state index in [0.717, 1.165) is 33.2 Å². The average molecular weight is 453 g/mol. The Bertz CT molecular complexity index is 1470. The van der Waals surface area contributed by atoms with Crippen LogP contribution in [0.15, 0.2) is 90.6 Å². The van der Waals surface area contributed by atoms with Crippen molar-refractivity contribution in [2.75, 3.05) is 10.2 Å². The molecule has 1 heterocycles. The molecular formula is C28H21ClN2O2. The maximum absolute atomic E-state index is 13.7. The van der Waals surface area contributed by atoms with E-state index in [9.17, 15) is 9.59 Å². The minimum Gasteiger partial charge on any atom is -0.350 e. The van der Waals surface area contributed by atoms with Crippen LogP contribution in [0.3, 0.4) is 0 Å². The molecule has 1 aliphatic heterocycles. The molecule has 0 spiro atoms. The summed E-state index contributed by atoms with van der Waals surface area (Å²) in [7, 11) is 0. The van der Waals surface area contributed by atoms with E-state index >= 15 is 0 Å². The summed E-state index contributed by atoms with van der Waals surface area (Å²) in [5.41, 5.74) is 4.55. The van der Waals surface area contributed by atoms with Gasteiger partial charge in [-0.15, -0.1) is 0 Å². The molecule has 4 nitrogen and oxygen atoms in total. The fraction of sp³-hybridized carbons (Fsp3) is 0.0714. The summed E-state index contributed by atoms with van der Waals surface area (Å²) >= 11 is 6.17. The van der Waals surface area contributed by atoms with Crippen LogP contribution < -0.4 is 10.2 Å². The lowest BCUT2D eigenvalue weighted by molar-refractivity contribution is -0.120. The van der Waals surface area contributed by atoms with Crippen molar-refractivity contribution in [3.63, 3.8) is 0 Å². The Kier molecular flexibility index (Phi) is 5.23. The summed E-state index contributed by atoms with van der Waals surface area (Å²) in [5.74, 6) is -0.790. The van der Waals surface area contributed by atoms with Gasteiger partial charge >= 0.3 is 0 Å². The van der Waals surface area contributed by atoms with Crippen LogP contribution in [-0.2, 0) is 9.59 Å². The van der Waals surface area contributed by atoms with Gasteiger partial charge in [0.25, 0.3) is 11.8 Å². The predicted molar refractivity (Wildman–Crippen MR) is 134 cm³/mol. The first kappa shape index (κ1) is 21.0. The number of carbonyl (C=O) groups excluding carboxylic acids is 2. The molecule has 1 aliphatic rings. The van der Waals surface area contributed by atoms with E-state index in [-0.39, 0.29) is 11.6 Å². The number of hydrogen-bond donors (Lipinski definition) is 1. The number of hydrogen-bond acceptors (Lipinski definition) is 3. The summed E-state index contributed by atoms with van der Waals surface area (Å²) < 4.78 is 0. The maximum Gasteiger partial charge on any atom is 0.282 e. The van der Waals surface area contributed by atoms with Gasteiger partial charge in [-0.25, -0.2) is 4.90 Å². The maximum atomic E-state index is 13.7. The predicted octanol–water partition coefficient (Wildman–Crippen LogP) is 6.51. The Morgan fingerprint density at radius 3 is 2.33 bits per heavy atom. The van der Waals surface area contributed by atoms with E-state index in [1.807, 2.05) is 74.5 Å². The van der Waals surface area contributed by atoms with Gasteiger partial charge in [0.1, 0.15) is 5.70 Å². The van der Waals surface area contributed by atoms with Crippen LogP contribution in [0, 0.1) is 13.8 Å². The van der Waals surface area contributed by atoms with Gasteiger partial charge in [0.15, 0.2) is 0 Å². The molecule has 0 bridgehead atoms. The van der Waals surface area contributed by atoms with Gasteiger partial charge in [0.05, 0.1) is 11.3 Å². The minimum atomic E-state index is -0.412. The molecule has 5 rings (SSSR count). The molecule has 1 N–H and O–H groups in total. The molecule has 0 aromatic heterocycles. The number of aryl methyl sites for hydroxylation is 2. The number of amides is 2. The second-order valence-electron chi connectivity index (χ2n) is 8.15. The normalized spacial score (nSPS) is 13.8. The van der Waals surface area contributed by atoms with Crippen LogP contribution in [0.2, 0.25) is 5.02 Å². The molecule has 2 amide bonds. The Balaban J connectivity index is 1.69. The summed E-state index contributed by atoms with van der Waals surface area (Å²) in [6.45, 7) is 3.95. The molecule has 0 saturated heterocycles. The second-order valence-corrected chi connectivity index (χ2v) is 8.58. The van der Waals surface area contributed by atoms with Crippen LogP contribution >= 0.6 is 11.6 Å². The van der Waals surface area contributed by atoms with E-state index in [4.69, 9.17) is 11.6 Å². The first-order valence-electron chi connectivity index (χ1n) is 10.6. The monoisotopic (exact) mass is 452 g/mol. The van der Waals surface area contributed by atoms with Crippen molar-refractivity contribution in [2.24, 2.45) is 0 Å². The number of imide groups is 1. The topological polar surface area (TPSA) is 49.4 Å². The number of benzene rings is 4. The summed E-state index contributed by atoms with van der Waals surface area (Å²) in [6, 6.07) is 26.4. The molecule has 5 heteroatoms. The van der Waals surface area contributed by atoms with Crippen molar-refractivity contribution < 1.29 is 9.59 Å². The van der Waals surface area contributed by atoms with Crippen LogP contribution in [0.4, 0.5) is 11.4 Å². The molecule has 4 aromatic carbocycles. The molecule has 0 saturated carbocycles. The van der Waals surface area contributed by atoms with Crippen LogP contribution in [0.5, 0.6) is 0 Å². The molecule has 0 radical (unpaired) electrons. The van der Waals surface area contributed by atoms with Crippen LogP contribution in [0.1, 0.15) is 16.7 Å². The number of nitrogens with one attached hydrogen (secondary N) is 1. The average Bonchev–Trinajstić information content (AvgIpc) is 3.03. The molecule has 0 aliphatic carbocycles. The number of rotatable bonds is 4. The summed E-state index contributed by atoms with van der Waals surface area (Å²) in [5, 5.41) is 5.77. The van der Waals surface area contributed by atoms with E-state index in [1.165, 1.54) is 4.90 Å². The van der Waals surface area contributed by atoms with Crippen LogP contribution in [0.25, 0.3) is 16.3 Å². The molecule has 0 atom stereocenters. The lowest BCUT2D eigenvalue weighted by Crippen LogP contribution is -2.32. The van der Waals surface area contributed by atoms with Gasteiger partial charge < -0.3 is 5.32 Å². The number of anilines is 2. The number of nitrogens with zero attached hydrogens (tertiary/aromatic N) is 1. The highest BCUT2D eigenvalue weighted by molar-refractivity contribution is 6.46. The quantitative estimate of drug-likeness (QED) is 0.359. The van der Waals surface area contributed by atoms with Gasteiger partial charge in [-0.1, -0.05) is 77.8 Å². The number of fused-ring (bicyclic) bond motifs is 1. The highest BCUT2D eigenvalue weighted by atomic mass is 35.5. The van der Waals surface area contributed by atoms with Crippen molar-refractivity contribution in [1.82, 2.24) is 0 Å². The van der Waals surface area contributed by atoms with Gasteiger partial charge in [-0.2, -0.15) is 0 Å². The molecule has 0 unspecified atom stereocenters. The fourth-order valence-corrected chi connectivity index (χ4v) is 4.49. The highest BCUT2D eigenvalue weighted by Crippen LogP contribution is 2.37. The van der Waals surface area contributed by atoms with Crippen molar-refractivity contribution in [3.05, 3.63) is 112 Å². The Morgan fingerprint density at radius 1 is 0.788 bits per heavy atom. The van der Waals surface area contributed by atoms with E-state index in [1.54, 1.807) is 24.3 Å². The van der Waals surface area contributed by atoms with Crippen molar-refractivity contribution in [1.29, 1.82) is 0 Å². The van der Waals surface area contributed by atoms with Gasteiger partial charge in [0.2, 0.25) is 0 Å². The smallest absolute Gasteiger partial charge is 0.282 e. The molecular weight excluding hydrogens is 432 g/mol. The van der Waals surface area contributed by atoms with Gasteiger partial charge in [0, 0.05) is 16.1 Å². The minimum absolute atomic E-state index is 0.253. The standard InChI is InChI=1S/C28H21ClN2O2/c1-17-13-14-22(18(2)15-17)25-26(30-24-12-5-8-19-7-3-4-11-23(19)24)28(33)31(27(25)32)21-10-6-9-20(29)16-21/h3-16,30H,1-2H3. The highest BCUT2D eigenvalue weighted by Gasteiger charge is 2.41. The Hall–Kier alpha value is -3.89. The SMILES string of the molecule is Cc1ccc(C2=C(Nc3cccc4ccccc34)C(=O)N(c3cccc(Cl)c3)C2=O)c(C)c1. The van der Waals surface area contributed by atoms with Gasteiger partial charge in [-0.05, 0) is 54.6 Å². The van der Waals surface area contributed by atoms with Crippen molar-refractivity contribution in [2.45, 2.75) is 13.8 Å². The van der Waals surface area contributed by atoms with E-state index < -0.39 is 5.91 Å². The molecule has 33 heavy (non-hydrogen) atoms. The Labute approximate surface area is 197 Å². The molecule has 0 fully saturated rings. The van der Waals surface area contributed by atoms with E-state index in [0.29, 0.717) is 16.3 Å². The molecule has 4 aromatic rings. The lowest BCUT2D eigenvalue weighted by atomic mass is 9.97. The van der Waals surface area contributed by atoms with Crippen molar-refractivity contribution in [3.8, 4) is 0 Å². The first-order valence-corrected chi connectivity index (χ1v) is 11.0. The third-order valence-electron chi connectivity index (χ3n) is 5.85. The summed E-state index contributed by atoms with van der Waals surface area (Å²) in [6.07, 6.45) is 0. The Morgan fingerprint density at radius 2 is 1.55 bits per heavy atom. The number of carbonyl (C=O) groups is 2. The number of halogens is 1. The third-order valence-corrected chi connectivity index (χ3v) is 6.09. The zero-order chi connectivity index (χ0) is 23.1. The zero-order valence-electron chi connectivity index (χ0n) is 18.2. The van der Waals surface area contributed by atoms with E-state index in [2.05, 4.69) is 5.32 Å². The second kappa shape index (κ2) is 8.23. The van der Waals surface area contributed by atoms with Gasteiger partial charge in [-0.3, -0.25) is 9.59 Å². The zero-order valence-corrected chi connectivity index (χ0v) is 19.0. The first-order chi connectivity index (χ1) is 15.9. The fourth-order valence-electron chi connectivity index (χ4n) is 4.31. The molecule has 162 valence electrons. The lowest BCUT2D eigenvalue weighted by Gasteiger charge is -2.16. The largest absolute Gasteiger partial charge is 0.350 e. The summed E-state index contributed by atoms with van der Waals surface area (Å²) in [4.78, 5) is 28.6.